The Morgan fingerprint density at radius 1 is 1.13 bits per heavy atom. The van der Waals surface area contributed by atoms with E-state index in [1.165, 1.54) is 12.8 Å². The van der Waals surface area contributed by atoms with Crippen molar-refractivity contribution in [2.45, 2.75) is 46.5 Å². The molecule has 3 aliphatic carbocycles. The number of Topliss-reactive ketones (excluding diaryl/α,β-unsaturated/α-hetero) is 1. The van der Waals surface area contributed by atoms with Gasteiger partial charge in [-0.25, -0.2) is 0 Å². The van der Waals surface area contributed by atoms with Gasteiger partial charge >= 0.3 is 0 Å². The molecule has 0 unspecified atom stereocenters. The third kappa shape index (κ3) is 1.24. The molecule has 0 aliphatic heterocycles. The molecule has 15 heavy (non-hydrogen) atoms. The predicted molar refractivity (Wildman–Crippen MR) is 60.4 cm³/mol. The Labute approximate surface area is 92.6 Å². The van der Waals surface area contributed by atoms with Crippen LogP contribution in [-0.2, 0) is 4.79 Å². The summed E-state index contributed by atoms with van der Waals surface area (Å²) in [5.41, 5.74) is 0.549. The first-order chi connectivity index (χ1) is 7.01. The van der Waals surface area contributed by atoms with E-state index in [9.17, 15) is 4.79 Å². The molecule has 0 bridgehead atoms. The normalized spacial score (nSPS) is 51.9. The lowest BCUT2D eigenvalue weighted by Gasteiger charge is -2.25. The van der Waals surface area contributed by atoms with Gasteiger partial charge < -0.3 is 0 Å². The second-order valence-corrected chi connectivity index (χ2v) is 6.78. The van der Waals surface area contributed by atoms with Gasteiger partial charge in [-0.15, -0.1) is 0 Å². The number of carbonyl (C=O) groups excluding carboxylic acids is 1. The largest absolute Gasteiger partial charge is 0.300 e. The first-order valence-corrected chi connectivity index (χ1v) is 6.53. The van der Waals surface area contributed by atoms with Crippen LogP contribution >= 0.6 is 0 Å². The summed E-state index contributed by atoms with van der Waals surface area (Å²) in [7, 11) is 0. The van der Waals surface area contributed by atoms with Gasteiger partial charge in [0.1, 0.15) is 5.78 Å². The zero-order valence-electron chi connectivity index (χ0n) is 10.1. The molecule has 0 N–H and O–H groups in total. The Morgan fingerprint density at radius 2 is 1.80 bits per heavy atom. The predicted octanol–water partition coefficient (Wildman–Crippen LogP) is 3.28. The monoisotopic (exact) mass is 206 g/mol. The van der Waals surface area contributed by atoms with E-state index < -0.39 is 0 Å². The standard InChI is InChI=1S/C14H22O/c1-8-4-5-12-13(14(12,2)3)11-7-9(15)6-10(8)11/h8,10-13H,4-7H2,1-3H3/t8-,10+,11-,12-,13+/m1/s1. The van der Waals surface area contributed by atoms with Crippen molar-refractivity contribution in [1.29, 1.82) is 0 Å². The van der Waals surface area contributed by atoms with Gasteiger partial charge in [0.15, 0.2) is 0 Å². The van der Waals surface area contributed by atoms with Crippen LogP contribution in [0.15, 0.2) is 0 Å². The Morgan fingerprint density at radius 3 is 2.53 bits per heavy atom. The molecule has 1 heteroatoms. The van der Waals surface area contributed by atoms with Crippen molar-refractivity contribution in [3.8, 4) is 0 Å². The van der Waals surface area contributed by atoms with Gasteiger partial charge in [-0.1, -0.05) is 27.2 Å². The molecule has 0 saturated heterocycles. The van der Waals surface area contributed by atoms with Crippen molar-refractivity contribution in [1.82, 2.24) is 0 Å². The summed E-state index contributed by atoms with van der Waals surface area (Å²) in [4.78, 5) is 11.6. The molecule has 0 aromatic carbocycles. The van der Waals surface area contributed by atoms with E-state index >= 15 is 0 Å². The van der Waals surface area contributed by atoms with E-state index in [1.807, 2.05) is 0 Å². The summed E-state index contributed by atoms with van der Waals surface area (Å²) in [6.45, 7) is 7.20. The highest BCUT2D eigenvalue weighted by molar-refractivity contribution is 5.81. The Balaban J connectivity index is 1.89. The van der Waals surface area contributed by atoms with Crippen LogP contribution in [0.5, 0.6) is 0 Å². The van der Waals surface area contributed by atoms with Gasteiger partial charge in [-0.3, -0.25) is 4.79 Å². The maximum atomic E-state index is 11.6. The van der Waals surface area contributed by atoms with Gasteiger partial charge in [0.05, 0.1) is 0 Å². The molecule has 3 rings (SSSR count). The van der Waals surface area contributed by atoms with Crippen LogP contribution in [0, 0.1) is 35.0 Å². The van der Waals surface area contributed by atoms with Crippen LogP contribution in [0.4, 0.5) is 0 Å². The number of fused-ring (bicyclic) bond motifs is 3. The molecule has 3 saturated carbocycles. The van der Waals surface area contributed by atoms with Crippen LogP contribution in [0.3, 0.4) is 0 Å². The highest BCUT2D eigenvalue weighted by atomic mass is 16.1. The zero-order chi connectivity index (χ0) is 10.8. The van der Waals surface area contributed by atoms with Crippen molar-refractivity contribution >= 4 is 5.78 Å². The first kappa shape index (κ1) is 9.86. The molecule has 0 aromatic heterocycles. The van der Waals surface area contributed by atoms with Gasteiger partial charge in [0, 0.05) is 12.8 Å². The molecule has 84 valence electrons. The number of rotatable bonds is 0. The van der Waals surface area contributed by atoms with Crippen LogP contribution < -0.4 is 0 Å². The molecule has 0 spiro atoms. The number of hydrogen-bond acceptors (Lipinski definition) is 1. The van der Waals surface area contributed by atoms with E-state index in [1.54, 1.807) is 0 Å². The lowest BCUT2D eigenvalue weighted by Crippen LogP contribution is -2.19. The van der Waals surface area contributed by atoms with Gasteiger partial charge in [0.25, 0.3) is 0 Å². The number of ketones is 1. The molecular weight excluding hydrogens is 184 g/mol. The van der Waals surface area contributed by atoms with E-state index in [0.29, 0.717) is 11.2 Å². The SMILES string of the molecule is C[C@@H]1CC[C@@H]2[C@H]([C@@H]3CC(=O)C[C@H]31)C2(C)C. The summed E-state index contributed by atoms with van der Waals surface area (Å²) < 4.78 is 0. The molecule has 5 atom stereocenters. The lowest BCUT2D eigenvalue weighted by molar-refractivity contribution is -0.117. The second-order valence-electron chi connectivity index (χ2n) is 6.78. The Bertz CT molecular complexity index is 304. The van der Waals surface area contributed by atoms with E-state index in [-0.39, 0.29) is 0 Å². The van der Waals surface area contributed by atoms with E-state index in [2.05, 4.69) is 20.8 Å². The van der Waals surface area contributed by atoms with Crippen molar-refractivity contribution < 1.29 is 4.79 Å². The lowest BCUT2D eigenvalue weighted by atomic mass is 9.80. The van der Waals surface area contributed by atoms with Crippen molar-refractivity contribution in [3.63, 3.8) is 0 Å². The van der Waals surface area contributed by atoms with Crippen LogP contribution in [0.2, 0.25) is 0 Å². The van der Waals surface area contributed by atoms with Gasteiger partial charge in [-0.05, 0) is 41.4 Å². The fraction of sp³-hybridized carbons (Fsp3) is 0.929. The number of hydrogen-bond donors (Lipinski definition) is 0. The van der Waals surface area contributed by atoms with Crippen molar-refractivity contribution in [3.05, 3.63) is 0 Å². The topological polar surface area (TPSA) is 17.1 Å². The minimum absolute atomic E-state index is 0.542. The smallest absolute Gasteiger partial charge is 0.133 e. The maximum Gasteiger partial charge on any atom is 0.133 e. The molecule has 0 aromatic rings. The fourth-order valence-electron chi connectivity index (χ4n) is 4.77. The Hall–Kier alpha value is -0.330. The van der Waals surface area contributed by atoms with Crippen LogP contribution in [0.1, 0.15) is 46.5 Å². The molecule has 0 radical (unpaired) electrons. The van der Waals surface area contributed by atoms with Crippen molar-refractivity contribution in [2.75, 3.05) is 0 Å². The van der Waals surface area contributed by atoms with E-state index in [4.69, 9.17) is 0 Å². The molecular formula is C14H22O. The van der Waals surface area contributed by atoms with Crippen LogP contribution in [-0.4, -0.2) is 5.78 Å². The average Bonchev–Trinajstić information content (AvgIpc) is 2.54. The molecule has 0 heterocycles. The number of carbonyl (C=O) groups is 1. The summed E-state index contributed by atoms with van der Waals surface area (Å²) in [5.74, 6) is 4.62. The zero-order valence-corrected chi connectivity index (χ0v) is 10.1. The fourth-order valence-corrected chi connectivity index (χ4v) is 4.77. The van der Waals surface area contributed by atoms with Crippen molar-refractivity contribution in [2.24, 2.45) is 35.0 Å². The summed E-state index contributed by atoms with van der Waals surface area (Å²) in [6.07, 6.45) is 4.57. The minimum Gasteiger partial charge on any atom is -0.300 e. The van der Waals surface area contributed by atoms with E-state index in [0.717, 1.165) is 42.4 Å². The highest BCUT2D eigenvalue weighted by Gasteiger charge is 2.64. The summed E-state index contributed by atoms with van der Waals surface area (Å²) in [6, 6.07) is 0. The highest BCUT2D eigenvalue weighted by Crippen LogP contribution is 2.69. The Kier molecular flexibility index (Phi) is 1.88. The average molecular weight is 206 g/mol. The summed E-state index contributed by atoms with van der Waals surface area (Å²) >= 11 is 0. The molecule has 3 aliphatic rings. The molecule has 0 amide bonds. The van der Waals surface area contributed by atoms with Gasteiger partial charge in [-0.2, -0.15) is 0 Å². The maximum absolute atomic E-state index is 11.6. The third-order valence-electron chi connectivity index (χ3n) is 5.74. The van der Waals surface area contributed by atoms with Gasteiger partial charge in [0.2, 0.25) is 0 Å². The molecule has 1 nitrogen and oxygen atoms in total. The van der Waals surface area contributed by atoms with Crippen LogP contribution in [0.25, 0.3) is 0 Å². The first-order valence-electron chi connectivity index (χ1n) is 6.53. The third-order valence-corrected chi connectivity index (χ3v) is 5.74. The molecule has 3 fully saturated rings. The second kappa shape index (κ2) is 2.87. The minimum atomic E-state index is 0.542. The summed E-state index contributed by atoms with van der Waals surface area (Å²) in [5, 5.41) is 0. The quantitative estimate of drug-likeness (QED) is 0.594.